The van der Waals surface area contributed by atoms with Crippen molar-refractivity contribution in [1.29, 1.82) is 0 Å². The van der Waals surface area contributed by atoms with Gasteiger partial charge in [0.25, 0.3) is 5.91 Å². The van der Waals surface area contributed by atoms with Crippen LogP contribution in [0.3, 0.4) is 0 Å². The molecule has 0 saturated heterocycles. The number of hydrogen-bond donors (Lipinski definition) is 2. The Morgan fingerprint density at radius 1 is 1.26 bits per heavy atom. The van der Waals surface area contributed by atoms with Crippen LogP contribution in [-0.4, -0.2) is 35.2 Å². The zero-order valence-electron chi connectivity index (χ0n) is 17.8. The van der Waals surface area contributed by atoms with E-state index in [0.717, 1.165) is 0 Å². The summed E-state index contributed by atoms with van der Waals surface area (Å²) >= 11 is 3.40. The summed E-state index contributed by atoms with van der Waals surface area (Å²) in [5.74, 6) is -0.178. The highest BCUT2D eigenvalue weighted by molar-refractivity contribution is 9.10. The third kappa shape index (κ3) is 6.72. The molecule has 0 radical (unpaired) electrons. The summed E-state index contributed by atoms with van der Waals surface area (Å²) in [6.07, 6.45) is 2.84. The number of benzene rings is 2. The molecule has 3 aromatic rings. The molecule has 3 rings (SSSR count). The van der Waals surface area contributed by atoms with Crippen molar-refractivity contribution in [2.75, 3.05) is 24.0 Å². The van der Waals surface area contributed by atoms with Gasteiger partial charge in [0.1, 0.15) is 5.82 Å². The SMILES string of the molecule is CCOc1cc(/C=N\Nc2ncccc2[N+](=O)[O-])cc(Br)c1OCC(=O)Nc1ccc(F)cc1. The number of aromatic nitrogens is 1. The van der Waals surface area contributed by atoms with E-state index in [2.05, 4.69) is 36.8 Å². The molecule has 0 aliphatic heterocycles. The second-order valence-corrected chi connectivity index (χ2v) is 7.46. The second-order valence-electron chi connectivity index (χ2n) is 6.60. The molecule has 12 heteroatoms. The highest BCUT2D eigenvalue weighted by Gasteiger charge is 2.15. The largest absolute Gasteiger partial charge is 0.490 e. The fourth-order valence-electron chi connectivity index (χ4n) is 2.73. The zero-order chi connectivity index (χ0) is 24.5. The predicted octanol–water partition coefficient (Wildman–Crippen LogP) is 4.75. The first-order valence-corrected chi connectivity index (χ1v) is 10.7. The van der Waals surface area contributed by atoms with E-state index in [1.807, 2.05) is 0 Å². The second kappa shape index (κ2) is 11.7. The summed E-state index contributed by atoms with van der Waals surface area (Å²) in [6, 6.07) is 11.4. The first kappa shape index (κ1) is 24.6. The minimum Gasteiger partial charge on any atom is -0.490 e. The van der Waals surface area contributed by atoms with E-state index in [1.165, 1.54) is 48.8 Å². The number of nitrogens with zero attached hydrogens (tertiary/aromatic N) is 3. The number of hydrogen-bond acceptors (Lipinski definition) is 8. The number of anilines is 2. The maximum absolute atomic E-state index is 13.0. The maximum Gasteiger partial charge on any atom is 0.313 e. The highest BCUT2D eigenvalue weighted by Crippen LogP contribution is 2.36. The highest BCUT2D eigenvalue weighted by atomic mass is 79.9. The van der Waals surface area contributed by atoms with Crippen molar-refractivity contribution in [2.24, 2.45) is 5.10 Å². The number of ether oxygens (including phenoxy) is 2. The Morgan fingerprint density at radius 3 is 2.74 bits per heavy atom. The van der Waals surface area contributed by atoms with Gasteiger partial charge in [-0.2, -0.15) is 5.10 Å². The van der Waals surface area contributed by atoms with Crippen molar-refractivity contribution in [1.82, 2.24) is 4.98 Å². The van der Waals surface area contributed by atoms with Crippen LogP contribution < -0.4 is 20.2 Å². The van der Waals surface area contributed by atoms with E-state index in [9.17, 15) is 19.3 Å². The van der Waals surface area contributed by atoms with Crippen molar-refractivity contribution < 1.29 is 23.6 Å². The fourth-order valence-corrected chi connectivity index (χ4v) is 3.31. The van der Waals surface area contributed by atoms with E-state index >= 15 is 0 Å². The number of pyridine rings is 1. The van der Waals surface area contributed by atoms with Crippen LogP contribution in [0.4, 0.5) is 21.6 Å². The zero-order valence-corrected chi connectivity index (χ0v) is 19.4. The van der Waals surface area contributed by atoms with Crippen molar-refractivity contribution >= 4 is 45.2 Å². The van der Waals surface area contributed by atoms with Crippen LogP contribution in [-0.2, 0) is 4.79 Å². The third-order valence-corrected chi connectivity index (χ3v) is 4.76. The lowest BCUT2D eigenvalue weighted by Crippen LogP contribution is -2.20. The van der Waals surface area contributed by atoms with Gasteiger partial charge in [-0.3, -0.25) is 20.3 Å². The van der Waals surface area contributed by atoms with Gasteiger partial charge in [0.2, 0.25) is 5.82 Å². The Hall–Kier alpha value is -4.06. The summed E-state index contributed by atoms with van der Waals surface area (Å²) in [7, 11) is 0. The summed E-state index contributed by atoms with van der Waals surface area (Å²) in [4.78, 5) is 26.6. The molecule has 0 spiro atoms. The molecule has 0 unspecified atom stereocenters. The van der Waals surface area contributed by atoms with Gasteiger partial charge in [0.05, 0.1) is 22.2 Å². The molecular weight excluding hydrogens is 513 g/mol. The van der Waals surface area contributed by atoms with E-state index in [0.29, 0.717) is 33.8 Å². The van der Waals surface area contributed by atoms with Crippen LogP contribution >= 0.6 is 15.9 Å². The molecule has 34 heavy (non-hydrogen) atoms. The molecule has 0 aliphatic carbocycles. The van der Waals surface area contributed by atoms with Gasteiger partial charge >= 0.3 is 5.69 Å². The minimum absolute atomic E-state index is 0.0000299. The Bertz CT molecular complexity index is 1210. The molecule has 2 aromatic carbocycles. The average Bonchev–Trinajstić information content (AvgIpc) is 2.80. The molecular formula is C22H19BrFN5O5. The number of rotatable bonds is 10. The quantitative estimate of drug-likeness (QED) is 0.219. The van der Waals surface area contributed by atoms with Gasteiger partial charge in [-0.15, -0.1) is 0 Å². The van der Waals surface area contributed by atoms with E-state index < -0.39 is 16.6 Å². The lowest BCUT2D eigenvalue weighted by molar-refractivity contribution is -0.384. The Kier molecular flexibility index (Phi) is 8.46. The monoisotopic (exact) mass is 531 g/mol. The topological polar surface area (TPSA) is 128 Å². The standard InChI is InChI=1S/C22H19BrFN5O5/c1-2-33-19-11-14(12-26-28-22-18(29(31)32)4-3-9-25-22)10-17(23)21(19)34-13-20(30)27-16-7-5-15(24)6-8-16/h3-12H,2,13H2,1H3,(H,25,28)(H,27,30)/b26-12-. The van der Waals surface area contributed by atoms with Gasteiger partial charge in [-0.05, 0) is 70.9 Å². The molecule has 0 bridgehead atoms. The number of hydrazone groups is 1. The van der Waals surface area contributed by atoms with Crippen molar-refractivity contribution in [3.8, 4) is 11.5 Å². The number of amides is 1. The first-order valence-electron chi connectivity index (χ1n) is 9.90. The first-order chi connectivity index (χ1) is 16.4. The number of carbonyl (C=O) groups is 1. The van der Waals surface area contributed by atoms with Crippen LogP contribution in [0.15, 0.2) is 64.3 Å². The van der Waals surface area contributed by atoms with Gasteiger partial charge in [0.15, 0.2) is 18.1 Å². The Morgan fingerprint density at radius 2 is 2.03 bits per heavy atom. The predicted molar refractivity (Wildman–Crippen MR) is 128 cm³/mol. The molecule has 2 N–H and O–H groups in total. The lowest BCUT2D eigenvalue weighted by Gasteiger charge is -2.14. The van der Waals surface area contributed by atoms with Gasteiger partial charge < -0.3 is 14.8 Å². The van der Waals surface area contributed by atoms with E-state index in [-0.39, 0.29) is 18.1 Å². The Labute approximate surface area is 202 Å². The van der Waals surface area contributed by atoms with Gasteiger partial charge in [-0.1, -0.05) is 0 Å². The van der Waals surface area contributed by atoms with E-state index in [4.69, 9.17) is 9.47 Å². The summed E-state index contributed by atoms with van der Waals surface area (Å²) in [5.41, 5.74) is 3.36. The molecule has 1 aromatic heterocycles. The van der Waals surface area contributed by atoms with E-state index in [1.54, 1.807) is 19.1 Å². The van der Waals surface area contributed by atoms with Crippen LogP contribution in [0.2, 0.25) is 0 Å². The van der Waals surface area contributed by atoms with Crippen LogP contribution in [0.1, 0.15) is 12.5 Å². The average molecular weight is 532 g/mol. The number of nitro groups is 1. The summed E-state index contributed by atoms with van der Waals surface area (Å²) in [6.45, 7) is 1.82. The summed E-state index contributed by atoms with van der Waals surface area (Å²) in [5, 5.41) is 17.7. The number of carbonyl (C=O) groups excluding carboxylic acids is 1. The molecule has 0 aliphatic rings. The number of nitrogens with one attached hydrogen (secondary N) is 2. The van der Waals surface area contributed by atoms with Crippen molar-refractivity contribution in [3.63, 3.8) is 0 Å². The van der Waals surface area contributed by atoms with Crippen molar-refractivity contribution in [3.05, 3.63) is 80.7 Å². The van der Waals surface area contributed by atoms with Crippen molar-refractivity contribution in [2.45, 2.75) is 6.92 Å². The molecule has 0 atom stereocenters. The molecule has 1 amide bonds. The summed E-state index contributed by atoms with van der Waals surface area (Å²) < 4.78 is 24.8. The van der Waals surface area contributed by atoms with Gasteiger partial charge in [0, 0.05) is 18.0 Å². The molecule has 0 fully saturated rings. The molecule has 1 heterocycles. The van der Waals surface area contributed by atoms with Gasteiger partial charge in [-0.25, -0.2) is 9.37 Å². The smallest absolute Gasteiger partial charge is 0.313 e. The molecule has 0 saturated carbocycles. The fraction of sp³-hybridized carbons (Fsp3) is 0.136. The minimum atomic E-state index is -0.563. The molecule has 176 valence electrons. The normalized spacial score (nSPS) is 10.7. The number of halogens is 2. The Balaban J connectivity index is 1.70. The lowest BCUT2D eigenvalue weighted by atomic mass is 10.2. The molecule has 10 nitrogen and oxygen atoms in total. The van der Waals surface area contributed by atoms with Crippen LogP contribution in [0, 0.1) is 15.9 Å². The van der Waals surface area contributed by atoms with Crippen LogP contribution in [0.25, 0.3) is 0 Å². The van der Waals surface area contributed by atoms with Crippen LogP contribution in [0.5, 0.6) is 11.5 Å². The third-order valence-electron chi connectivity index (χ3n) is 4.17. The maximum atomic E-state index is 13.0.